The predicted molar refractivity (Wildman–Crippen MR) is 104 cm³/mol. The molecule has 1 aliphatic rings. The second-order valence-electron chi connectivity index (χ2n) is 7.03. The van der Waals surface area contributed by atoms with E-state index >= 15 is 0 Å². The SMILES string of the molecule is Cc1nn(-c2ccc(Cl)cc2)c(C)c1CC(=O)NC1CCCc2occc21. The fourth-order valence-electron chi connectivity index (χ4n) is 3.81. The molecule has 1 aromatic carbocycles. The van der Waals surface area contributed by atoms with Gasteiger partial charge in [-0.25, -0.2) is 4.68 Å². The van der Waals surface area contributed by atoms with Crippen LogP contribution in [0, 0.1) is 13.8 Å². The third-order valence-electron chi connectivity index (χ3n) is 5.24. The van der Waals surface area contributed by atoms with Crippen molar-refractivity contribution >= 4 is 17.5 Å². The summed E-state index contributed by atoms with van der Waals surface area (Å²) in [6, 6.07) is 9.53. The van der Waals surface area contributed by atoms with E-state index in [0.717, 1.165) is 53.2 Å². The Morgan fingerprint density at radius 2 is 2.07 bits per heavy atom. The van der Waals surface area contributed by atoms with Crippen molar-refractivity contribution in [2.75, 3.05) is 0 Å². The van der Waals surface area contributed by atoms with Crippen molar-refractivity contribution in [1.29, 1.82) is 0 Å². The molecule has 0 spiro atoms. The van der Waals surface area contributed by atoms with Crippen LogP contribution in [0.3, 0.4) is 0 Å². The van der Waals surface area contributed by atoms with Crippen LogP contribution in [-0.4, -0.2) is 15.7 Å². The van der Waals surface area contributed by atoms with Crippen LogP contribution in [0.1, 0.15) is 47.2 Å². The van der Waals surface area contributed by atoms with Gasteiger partial charge in [-0.15, -0.1) is 0 Å². The number of fused-ring (bicyclic) bond motifs is 1. The second-order valence-corrected chi connectivity index (χ2v) is 7.46. The van der Waals surface area contributed by atoms with Gasteiger partial charge in [-0.05, 0) is 57.0 Å². The quantitative estimate of drug-likeness (QED) is 0.723. The molecule has 0 fully saturated rings. The predicted octanol–water partition coefficient (Wildman–Crippen LogP) is 4.47. The Labute approximate surface area is 163 Å². The lowest BCUT2D eigenvalue weighted by molar-refractivity contribution is -0.121. The Bertz CT molecular complexity index is 972. The van der Waals surface area contributed by atoms with Crippen LogP contribution < -0.4 is 5.32 Å². The summed E-state index contributed by atoms with van der Waals surface area (Å²) in [5.74, 6) is 1.00. The number of halogens is 1. The molecule has 27 heavy (non-hydrogen) atoms. The average molecular weight is 384 g/mol. The topological polar surface area (TPSA) is 60.1 Å². The zero-order chi connectivity index (χ0) is 19.0. The summed E-state index contributed by atoms with van der Waals surface area (Å²) in [6.07, 6.45) is 4.94. The van der Waals surface area contributed by atoms with Gasteiger partial charge < -0.3 is 9.73 Å². The van der Waals surface area contributed by atoms with E-state index in [-0.39, 0.29) is 11.9 Å². The third-order valence-corrected chi connectivity index (χ3v) is 5.49. The summed E-state index contributed by atoms with van der Waals surface area (Å²) in [6.45, 7) is 3.93. The van der Waals surface area contributed by atoms with Crippen molar-refractivity contribution < 1.29 is 9.21 Å². The first-order valence-electron chi connectivity index (χ1n) is 9.19. The highest BCUT2D eigenvalue weighted by Gasteiger charge is 2.25. The Hall–Kier alpha value is -2.53. The van der Waals surface area contributed by atoms with Crippen molar-refractivity contribution in [3.8, 4) is 5.69 Å². The Kier molecular flexibility index (Phi) is 4.79. The van der Waals surface area contributed by atoms with Crippen molar-refractivity contribution in [1.82, 2.24) is 15.1 Å². The van der Waals surface area contributed by atoms with Crippen LogP contribution in [0.5, 0.6) is 0 Å². The molecule has 6 heteroatoms. The van der Waals surface area contributed by atoms with Crippen LogP contribution in [0.25, 0.3) is 5.69 Å². The molecular formula is C21H22ClN3O2. The molecule has 140 valence electrons. The number of aromatic nitrogens is 2. The lowest BCUT2D eigenvalue weighted by Crippen LogP contribution is -2.31. The van der Waals surface area contributed by atoms with Crippen LogP contribution in [0.2, 0.25) is 5.02 Å². The van der Waals surface area contributed by atoms with Crippen LogP contribution in [0.4, 0.5) is 0 Å². The summed E-state index contributed by atoms with van der Waals surface area (Å²) in [5.41, 5.74) is 4.84. The van der Waals surface area contributed by atoms with Gasteiger partial charge in [0.15, 0.2) is 0 Å². The molecule has 4 rings (SSSR count). The second kappa shape index (κ2) is 7.24. The van der Waals surface area contributed by atoms with E-state index in [9.17, 15) is 4.79 Å². The van der Waals surface area contributed by atoms with E-state index in [2.05, 4.69) is 10.4 Å². The zero-order valence-corrected chi connectivity index (χ0v) is 16.2. The Morgan fingerprint density at radius 3 is 2.85 bits per heavy atom. The number of amides is 1. The molecule has 0 bridgehead atoms. The van der Waals surface area contributed by atoms with Gasteiger partial charge in [-0.2, -0.15) is 5.10 Å². The minimum atomic E-state index is 0.0101. The highest BCUT2D eigenvalue weighted by Crippen LogP contribution is 2.30. The molecular weight excluding hydrogens is 362 g/mol. The molecule has 1 aliphatic carbocycles. The van der Waals surface area contributed by atoms with Crippen molar-refractivity contribution in [3.63, 3.8) is 0 Å². The average Bonchev–Trinajstić information content (AvgIpc) is 3.23. The molecule has 1 N–H and O–H groups in total. The first kappa shape index (κ1) is 17.9. The van der Waals surface area contributed by atoms with Gasteiger partial charge in [0.2, 0.25) is 5.91 Å². The number of hydrogen-bond donors (Lipinski definition) is 1. The molecule has 1 amide bonds. The number of furan rings is 1. The number of hydrogen-bond acceptors (Lipinski definition) is 3. The smallest absolute Gasteiger partial charge is 0.225 e. The van der Waals surface area contributed by atoms with Gasteiger partial charge in [-0.3, -0.25) is 4.79 Å². The monoisotopic (exact) mass is 383 g/mol. The molecule has 0 aliphatic heterocycles. The molecule has 1 unspecified atom stereocenters. The minimum absolute atomic E-state index is 0.0101. The Balaban J connectivity index is 1.52. The summed E-state index contributed by atoms with van der Waals surface area (Å²) in [5, 5.41) is 8.47. The highest BCUT2D eigenvalue weighted by atomic mass is 35.5. The van der Waals surface area contributed by atoms with E-state index in [1.807, 2.05) is 48.9 Å². The molecule has 0 saturated heterocycles. The summed E-state index contributed by atoms with van der Waals surface area (Å²) >= 11 is 5.98. The van der Waals surface area contributed by atoms with Gasteiger partial charge in [0, 0.05) is 28.3 Å². The Morgan fingerprint density at radius 1 is 1.30 bits per heavy atom. The van der Waals surface area contributed by atoms with Crippen LogP contribution in [0.15, 0.2) is 41.0 Å². The number of nitrogens with zero attached hydrogens (tertiary/aromatic N) is 2. The molecule has 3 aromatic rings. The maximum atomic E-state index is 12.7. The fourth-order valence-corrected chi connectivity index (χ4v) is 3.93. The molecule has 0 saturated carbocycles. The molecule has 0 radical (unpaired) electrons. The van der Waals surface area contributed by atoms with Gasteiger partial charge >= 0.3 is 0 Å². The number of carbonyl (C=O) groups excluding carboxylic acids is 1. The third kappa shape index (κ3) is 3.52. The zero-order valence-electron chi connectivity index (χ0n) is 15.5. The van der Waals surface area contributed by atoms with Gasteiger partial charge in [0.25, 0.3) is 0 Å². The van der Waals surface area contributed by atoms with Crippen LogP contribution in [-0.2, 0) is 17.6 Å². The summed E-state index contributed by atoms with van der Waals surface area (Å²) in [4.78, 5) is 12.7. The largest absolute Gasteiger partial charge is 0.469 e. The normalized spacial score (nSPS) is 16.2. The van der Waals surface area contributed by atoms with Crippen LogP contribution >= 0.6 is 11.6 Å². The molecule has 2 heterocycles. The van der Waals surface area contributed by atoms with Gasteiger partial charge in [0.1, 0.15) is 5.76 Å². The fraction of sp³-hybridized carbons (Fsp3) is 0.333. The molecule has 2 aromatic heterocycles. The van der Waals surface area contributed by atoms with E-state index in [1.54, 1.807) is 6.26 Å². The lowest BCUT2D eigenvalue weighted by atomic mass is 9.93. The number of aryl methyl sites for hydroxylation is 2. The number of nitrogens with one attached hydrogen (secondary N) is 1. The van der Waals surface area contributed by atoms with E-state index < -0.39 is 0 Å². The van der Waals surface area contributed by atoms with E-state index in [4.69, 9.17) is 16.0 Å². The molecule has 1 atom stereocenters. The van der Waals surface area contributed by atoms with Crippen molar-refractivity contribution in [2.45, 2.75) is 45.6 Å². The maximum Gasteiger partial charge on any atom is 0.225 e. The molecule has 5 nitrogen and oxygen atoms in total. The first-order valence-corrected chi connectivity index (χ1v) is 9.57. The highest BCUT2D eigenvalue weighted by molar-refractivity contribution is 6.30. The lowest BCUT2D eigenvalue weighted by Gasteiger charge is -2.22. The number of benzene rings is 1. The van der Waals surface area contributed by atoms with Gasteiger partial charge in [0.05, 0.1) is 30.1 Å². The number of rotatable bonds is 4. The van der Waals surface area contributed by atoms with Crippen molar-refractivity contribution in [3.05, 3.63) is 69.9 Å². The van der Waals surface area contributed by atoms with Gasteiger partial charge in [-0.1, -0.05) is 11.6 Å². The maximum absolute atomic E-state index is 12.7. The summed E-state index contributed by atoms with van der Waals surface area (Å²) in [7, 11) is 0. The van der Waals surface area contributed by atoms with E-state index in [0.29, 0.717) is 11.4 Å². The van der Waals surface area contributed by atoms with Crippen molar-refractivity contribution in [2.24, 2.45) is 0 Å². The van der Waals surface area contributed by atoms with E-state index in [1.165, 1.54) is 0 Å². The standard InChI is InChI=1S/C21H22ClN3O2/c1-13-18(14(2)25(24-13)16-8-6-15(22)7-9-16)12-21(26)23-19-4-3-5-20-17(19)10-11-27-20/h6-11,19H,3-5,12H2,1-2H3,(H,23,26). The minimum Gasteiger partial charge on any atom is -0.469 e. The summed E-state index contributed by atoms with van der Waals surface area (Å²) < 4.78 is 7.38. The first-order chi connectivity index (χ1) is 13.0. The number of carbonyl (C=O) groups is 1.